The first kappa shape index (κ1) is 18.8. The van der Waals surface area contributed by atoms with E-state index < -0.39 is 18.6 Å². The van der Waals surface area contributed by atoms with Gasteiger partial charge in [0, 0.05) is 19.6 Å². The van der Waals surface area contributed by atoms with Crippen molar-refractivity contribution in [3.8, 4) is 0 Å². The molecule has 3 nitrogen and oxygen atoms in total. The maximum Gasteiger partial charge on any atom is 0.406 e. The summed E-state index contributed by atoms with van der Waals surface area (Å²) in [4.78, 5) is 15.3. The number of hydrogen-bond acceptors (Lipinski definition) is 2. The highest BCUT2D eigenvalue weighted by molar-refractivity contribution is 5.78. The number of benzene rings is 1. The van der Waals surface area contributed by atoms with E-state index in [4.69, 9.17) is 0 Å². The van der Waals surface area contributed by atoms with Crippen LogP contribution in [-0.2, 0) is 17.6 Å². The molecule has 134 valence electrons. The third kappa shape index (κ3) is 5.82. The average Bonchev–Trinajstić information content (AvgIpc) is 2.67. The maximum atomic E-state index is 12.7. The highest BCUT2D eigenvalue weighted by Gasteiger charge is 2.33. The van der Waals surface area contributed by atoms with Gasteiger partial charge in [-0.1, -0.05) is 38.1 Å². The summed E-state index contributed by atoms with van der Waals surface area (Å²) < 4.78 is 38.2. The van der Waals surface area contributed by atoms with E-state index >= 15 is 0 Å². The second-order valence-electron chi connectivity index (χ2n) is 6.83. The summed E-state index contributed by atoms with van der Waals surface area (Å²) in [6.07, 6.45) is -2.71. The largest absolute Gasteiger partial charge is 0.406 e. The van der Waals surface area contributed by atoms with Crippen molar-refractivity contribution < 1.29 is 18.0 Å². The lowest BCUT2D eigenvalue weighted by Crippen LogP contribution is -2.46. The van der Waals surface area contributed by atoms with E-state index in [1.165, 1.54) is 11.1 Å². The van der Waals surface area contributed by atoms with Crippen LogP contribution in [0.3, 0.4) is 0 Å². The van der Waals surface area contributed by atoms with Crippen molar-refractivity contribution in [2.24, 2.45) is 5.92 Å². The van der Waals surface area contributed by atoms with Crippen LogP contribution in [0.25, 0.3) is 0 Å². The van der Waals surface area contributed by atoms with Crippen LogP contribution in [0.1, 0.15) is 25.0 Å². The van der Waals surface area contributed by atoms with E-state index in [-0.39, 0.29) is 19.0 Å². The fourth-order valence-corrected chi connectivity index (χ4v) is 3.08. The Morgan fingerprint density at radius 2 is 1.71 bits per heavy atom. The summed E-state index contributed by atoms with van der Waals surface area (Å²) in [5.41, 5.74) is 2.53. The zero-order valence-electron chi connectivity index (χ0n) is 14.3. The molecule has 0 atom stereocenters. The molecule has 0 aliphatic carbocycles. The third-order valence-corrected chi connectivity index (χ3v) is 4.18. The molecular formula is C18H25F3N2O. The van der Waals surface area contributed by atoms with Crippen LogP contribution >= 0.6 is 0 Å². The topological polar surface area (TPSA) is 23.6 Å². The van der Waals surface area contributed by atoms with Gasteiger partial charge in [-0.2, -0.15) is 13.2 Å². The highest BCUT2D eigenvalue weighted by atomic mass is 19.4. The first-order chi connectivity index (χ1) is 11.2. The molecule has 0 spiro atoms. The van der Waals surface area contributed by atoms with Crippen LogP contribution in [0.15, 0.2) is 24.3 Å². The van der Waals surface area contributed by atoms with Crippen LogP contribution < -0.4 is 0 Å². The average molecular weight is 342 g/mol. The summed E-state index contributed by atoms with van der Waals surface area (Å²) in [7, 11) is 0. The molecule has 0 radical (unpaired) electrons. The highest BCUT2D eigenvalue weighted by Crippen LogP contribution is 2.19. The molecule has 1 heterocycles. The predicted molar refractivity (Wildman–Crippen MR) is 87.8 cm³/mol. The number of carbonyl (C=O) groups is 1. The van der Waals surface area contributed by atoms with Crippen LogP contribution in [0.4, 0.5) is 13.2 Å². The molecule has 24 heavy (non-hydrogen) atoms. The van der Waals surface area contributed by atoms with E-state index in [1.807, 2.05) is 30.9 Å². The van der Waals surface area contributed by atoms with Gasteiger partial charge >= 0.3 is 6.18 Å². The Morgan fingerprint density at radius 1 is 1.17 bits per heavy atom. The van der Waals surface area contributed by atoms with Crippen LogP contribution in [0.2, 0.25) is 0 Å². The zero-order valence-corrected chi connectivity index (χ0v) is 14.3. The minimum absolute atomic E-state index is 0.00434. The lowest BCUT2D eigenvalue weighted by Gasteiger charge is -2.28. The number of fused-ring (bicyclic) bond motifs is 1. The van der Waals surface area contributed by atoms with E-state index in [9.17, 15) is 18.0 Å². The second kappa shape index (κ2) is 8.01. The Labute approximate surface area is 141 Å². The molecule has 0 N–H and O–H groups in total. The number of rotatable bonds is 5. The number of nitrogens with zero attached hydrogens (tertiary/aromatic N) is 2. The van der Waals surface area contributed by atoms with Crippen LogP contribution in [0, 0.1) is 5.92 Å². The smallest absolute Gasteiger partial charge is 0.332 e. The first-order valence-corrected chi connectivity index (χ1v) is 8.38. The van der Waals surface area contributed by atoms with E-state index in [1.54, 1.807) is 0 Å². The van der Waals surface area contributed by atoms with Gasteiger partial charge in [0.1, 0.15) is 6.54 Å². The van der Waals surface area contributed by atoms with Gasteiger partial charge in [0.05, 0.1) is 6.54 Å². The second-order valence-corrected chi connectivity index (χ2v) is 6.83. The van der Waals surface area contributed by atoms with Crippen molar-refractivity contribution in [1.82, 2.24) is 9.80 Å². The summed E-state index contributed by atoms with van der Waals surface area (Å²) in [6.45, 7) is 4.05. The minimum atomic E-state index is -4.36. The Balaban J connectivity index is 1.96. The van der Waals surface area contributed by atoms with Gasteiger partial charge < -0.3 is 4.90 Å². The van der Waals surface area contributed by atoms with E-state index in [0.29, 0.717) is 13.1 Å². The lowest BCUT2D eigenvalue weighted by atomic mass is 10.0. The molecule has 0 saturated carbocycles. The molecule has 1 amide bonds. The van der Waals surface area contributed by atoms with Crippen molar-refractivity contribution >= 4 is 5.91 Å². The standard InChI is InChI=1S/C18H25F3N2O/c1-14(2)11-23(13-18(19,20)21)17(24)12-22-9-7-15-5-3-4-6-16(15)8-10-22/h3-6,14H,7-13H2,1-2H3. The summed E-state index contributed by atoms with van der Waals surface area (Å²) in [5, 5.41) is 0. The quantitative estimate of drug-likeness (QED) is 0.821. The fourth-order valence-electron chi connectivity index (χ4n) is 3.08. The van der Waals surface area contributed by atoms with Crippen LogP contribution in [0.5, 0.6) is 0 Å². The van der Waals surface area contributed by atoms with Gasteiger partial charge in [0.2, 0.25) is 5.91 Å². The molecular weight excluding hydrogens is 317 g/mol. The summed E-state index contributed by atoms with van der Waals surface area (Å²) in [5.74, 6) is -0.434. The number of alkyl halides is 3. The third-order valence-electron chi connectivity index (χ3n) is 4.18. The van der Waals surface area contributed by atoms with Crippen molar-refractivity contribution in [2.75, 3.05) is 32.7 Å². The lowest BCUT2D eigenvalue weighted by molar-refractivity contribution is -0.162. The summed E-state index contributed by atoms with van der Waals surface area (Å²) >= 11 is 0. The van der Waals surface area contributed by atoms with Crippen molar-refractivity contribution in [2.45, 2.75) is 32.9 Å². The molecule has 2 rings (SSSR count). The van der Waals surface area contributed by atoms with Gasteiger partial charge in [-0.3, -0.25) is 9.69 Å². The van der Waals surface area contributed by atoms with Crippen LogP contribution in [-0.4, -0.2) is 54.6 Å². The Morgan fingerprint density at radius 3 is 2.17 bits per heavy atom. The minimum Gasteiger partial charge on any atom is -0.332 e. The maximum absolute atomic E-state index is 12.7. The molecule has 1 aliphatic heterocycles. The monoisotopic (exact) mass is 342 g/mol. The summed E-state index contributed by atoms with van der Waals surface area (Å²) in [6, 6.07) is 8.14. The van der Waals surface area contributed by atoms with Crippen molar-refractivity contribution in [3.63, 3.8) is 0 Å². The molecule has 0 bridgehead atoms. The molecule has 0 unspecified atom stereocenters. The number of amides is 1. The molecule has 0 saturated heterocycles. The van der Waals surface area contributed by atoms with Gasteiger partial charge in [0.15, 0.2) is 0 Å². The number of carbonyl (C=O) groups excluding carboxylic acids is 1. The van der Waals surface area contributed by atoms with Crippen molar-refractivity contribution in [3.05, 3.63) is 35.4 Å². The van der Waals surface area contributed by atoms with Gasteiger partial charge in [0.25, 0.3) is 0 Å². The molecule has 0 aromatic heterocycles. The normalized spacial score (nSPS) is 15.9. The zero-order chi connectivity index (χ0) is 17.7. The number of hydrogen-bond donors (Lipinski definition) is 0. The van der Waals surface area contributed by atoms with Crippen molar-refractivity contribution in [1.29, 1.82) is 0 Å². The van der Waals surface area contributed by atoms with E-state index in [0.717, 1.165) is 17.7 Å². The fraction of sp³-hybridized carbons (Fsp3) is 0.611. The van der Waals surface area contributed by atoms with E-state index in [2.05, 4.69) is 12.1 Å². The SMILES string of the molecule is CC(C)CN(CC(F)(F)F)C(=O)CN1CCc2ccccc2CC1. The molecule has 6 heteroatoms. The Hall–Kier alpha value is -1.56. The molecule has 0 fully saturated rings. The molecule has 1 aromatic rings. The first-order valence-electron chi connectivity index (χ1n) is 8.38. The Kier molecular flexibility index (Phi) is 6.27. The molecule has 1 aliphatic rings. The van der Waals surface area contributed by atoms with Gasteiger partial charge in [-0.15, -0.1) is 0 Å². The van der Waals surface area contributed by atoms with Gasteiger partial charge in [-0.25, -0.2) is 0 Å². The molecule has 1 aromatic carbocycles. The Bertz CT molecular complexity index is 530. The number of halogens is 3. The van der Waals surface area contributed by atoms with Gasteiger partial charge in [-0.05, 0) is 29.9 Å². The predicted octanol–water partition coefficient (Wildman–Crippen LogP) is 3.13.